The summed E-state index contributed by atoms with van der Waals surface area (Å²) >= 11 is 3.43. The van der Waals surface area contributed by atoms with E-state index in [0.29, 0.717) is 11.5 Å². The van der Waals surface area contributed by atoms with Gasteiger partial charge in [0, 0.05) is 10.7 Å². The minimum atomic E-state index is 0.207. The molecule has 0 aliphatic rings. The number of benzene rings is 1. The first-order chi connectivity index (χ1) is 9.63. The number of aromatic hydroxyl groups is 1. The van der Waals surface area contributed by atoms with E-state index in [9.17, 15) is 5.11 Å². The first-order valence-electron chi connectivity index (χ1n) is 5.98. The number of aryl methyl sites for hydroxylation is 1. The average molecular weight is 331 g/mol. The van der Waals surface area contributed by atoms with Crippen LogP contribution in [0.5, 0.6) is 5.75 Å². The lowest BCUT2D eigenvalue weighted by atomic mass is 10.3. The molecule has 1 N–H and O–H groups in total. The van der Waals surface area contributed by atoms with Crippen LogP contribution in [0.15, 0.2) is 57.3 Å². The molecular formula is C14H11BrN4O. The largest absolute Gasteiger partial charge is 0.508 e. The maximum Gasteiger partial charge on any atom is 0.182 e. The second-order valence-electron chi connectivity index (χ2n) is 4.31. The number of imidazole rings is 1. The number of halogens is 1. The van der Waals surface area contributed by atoms with Gasteiger partial charge in [0.05, 0.1) is 11.4 Å². The van der Waals surface area contributed by atoms with Gasteiger partial charge >= 0.3 is 0 Å². The number of phenols is 1. The monoisotopic (exact) mass is 330 g/mol. The van der Waals surface area contributed by atoms with Crippen LogP contribution in [0.25, 0.3) is 5.65 Å². The van der Waals surface area contributed by atoms with Crippen molar-refractivity contribution in [3.63, 3.8) is 0 Å². The normalized spacial score (nSPS) is 11.5. The lowest BCUT2D eigenvalue weighted by Gasteiger charge is -1.97. The van der Waals surface area contributed by atoms with Crippen LogP contribution in [0.2, 0.25) is 0 Å². The van der Waals surface area contributed by atoms with Crippen molar-refractivity contribution in [3.8, 4) is 5.75 Å². The highest BCUT2D eigenvalue weighted by Crippen LogP contribution is 2.25. The molecule has 0 unspecified atom stereocenters. The second-order valence-corrected chi connectivity index (χ2v) is 5.23. The summed E-state index contributed by atoms with van der Waals surface area (Å²) in [5.41, 5.74) is 2.31. The van der Waals surface area contributed by atoms with Crippen molar-refractivity contribution in [1.82, 2.24) is 9.38 Å². The predicted octanol–water partition coefficient (Wildman–Crippen LogP) is 4.53. The number of rotatable bonds is 2. The molecule has 6 heteroatoms. The molecule has 0 fully saturated rings. The molecule has 2 heterocycles. The molecule has 3 rings (SSSR count). The van der Waals surface area contributed by atoms with E-state index < -0.39 is 0 Å². The van der Waals surface area contributed by atoms with Gasteiger partial charge in [0.25, 0.3) is 0 Å². The maximum absolute atomic E-state index is 9.23. The Balaban J connectivity index is 2.03. The van der Waals surface area contributed by atoms with Gasteiger partial charge in [0.15, 0.2) is 5.82 Å². The minimum absolute atomic E-state index is 0.207. The molecule has 0 radical (unpaired) electrons. The number of pyridine rings is 1. The van der Waals surface area contributed by atoms with Gasteiger partial charge in [-0.3, -0.25) is 4.40 Å². The maximum atomic E-state index is 9.23. The van der Waals surface area contributed by atoms with E-state index in [2.05, 4.69) is 31.1 Å². The van der Waals surface area contributed by atoms with Crippen molar-refractivity contribution in [2.45, 2.75) is 6.92 Å². The lowest BCUT2D eigenvalue weighted by molar-refractivity contribution is 0.475. The molecule has 20 heavy (non-hydrogen) atoms. The van der Waals surface area contributed by atoms with E-state index in [1.165, 1.54) is 0 Å². The van der Waals surface area contributed by atoms with Gasteiger partial charge in [-0.05, 0) is 59.3 Å². The molecule has 3 aromatic rings. The summed E-state index contributed by atoms with van der Waals surface area (Å²) in [6.07, 6.45) is 1.90. The molecule has 0 spiro atoms. The van der Waals surface area contributed by atoms with Crippen LogP contribution < -0.4 is 0 Å². The van der Waals surface area contributed by atoms with Gasteiger partial charge in [-0.15, -0.1) is 10.2 Å². The van der Waals surface area contributed by atoms with Crippen LogP contribution in [0.1, 0.15) is 5.69 Å². The van der Waals surface area contributed by atoms with Gasteiger partial charge in [0.2, 0.25) is 0 Å². The Morgan fingerprint density at radius 2 is 1.85 bits per heavy atom. The van der Waals surface area contributed by atoms with Crippen LogP contribution in [0, 0.1) is 6.92 Å². The SMILES string of the molecule is Cc1nc2ccc(Br)cn2c1N=Nc1ccc(O)cc1. The second kappa shape index (κ2) is 5.05. The average Bonchev–Trinajstić information content (AvgIpc) is 2.73. The van der Waals surface area contributed by atoms with E-state index >= 15 is 0 Å². The molecular weight excluding hydrogens is 320 g/mol. The quantitative estimate of drug-likeness (QED) is 0.702. The topological polar surface area (TPSA) is 62.2 Å². The van der Waals surface area contributed by atoms with Crippen molar-refractivity contribution in [1.29, 1.82) is 0 Å². The fraction of sp³-hybridized carbons (Fsp3) is 0.0714. The third-order valence-electron chi connectivity index (χ3n) is 2.83. The fourth-order valence-electron chi connectivity index (χ4n) is 1.87. The summed E-state index contributed by atoms with van der Waals surface area (Å²) in [7, 11) is 0. The lowest BCUT2D eigenvalue weighted by Crippen LogP contribution is -1.82. The number of fused-ring (bicyclic) bond motifs is 1. The van der Waals surface area contributed by atoms with Crippen LogP contribution >= 0.6 is 15.9 Å². The first kappa shape index (κ1) is 12.8. The predicted molar refractivity (Wildman–Crippen MR) is 79.9 cm³/mol. The van der Waals surface area contributed by atoms with Gasteiger partial charge in [-0.25, -0.2) is 4.98 Å². The van der Waals surface area contributed by atoms with E-state index in [-0.39, 0.29) is 5.75 Å². The third-order valence-corrected chi connectivity index (χ3v) is 3.30. The van der Waals surface area contributed by atoms with E-state index in [4.69, 9.17) is 0 Å². The van der Waals surface area contributed by atoms with Crippen LogP contribution in [0.3, 0.4) is 0 Å². The summed E-state index contributed by atoms with van der Waals surface area (Å²) in [5.74, 6) is 0.897. The number of nitrogens with zero attached hydrogens (tertiary/aromatic N) is 4. The van der Waals surface area contributed by atoms with Crippen LogP contribution in [-0.4, -0.2) is 14.5 Å². The van der Waals surface area contributed by atoms with Crippen LogP contribution in [-0.2, 0) is 0 Å². The first-order valence-corrected chi connectivity index (χ1v) is 6.78. The zero-order valence-electron chi connectivity index (χ0n) is 10.7. The van der Waals surface area contributed by atoms with Gasteiger partial charge < -0.3 is 5.11 Å². The summed E-state index contributed by atoms with van der Waals surface area (Å²) in [4.78, 5) is 4.43. The molecule has 0 bridgehead atoms. The smallest absolute Gasteiger partial charge is 0.182 e. The zero-order chi connectivity index (χ0) is 14.1. The summed E-state index contributed by atoms with van der Waals surface area (Å²) in [5, 5.41) is 17.7. The Kier molecular flexibility index (Phi) is 3.23. The standard InChI is InChI=1S/C14H11BrN4O/c1-9-14(18-17-11-3-5-12(20)6-4-11)19-8-10(15)2-7-13(19)16-9/h2-8,20H,1H3. The molecule has 0 saturated carbocycles. The Labute approximate surface area is 123 Å². The molecule has 0 amide bonds. The minimum Gasteiger partial charge on any atom is -0.508 e. The van der Waals surface area contributed by atoms with Crippen molar-refractivity contribution >= 4 is 33.1 Å². The molecule has 1 aromatic carbocycles. The Morgan fingerprint density at radius 1 is 1.10 bits per heavy atom. The van der Waals surface area contributed by atoms with Gasteiger partial charge in [-0.2, -0.15) is 0 Å². The van der Waals surface area contributed by atoms with Crippen molar-refractivity contribution in [3.05, 3.63) is 52.8 Å². The zero-order valence-corrected chi connectivity index (χ0v) is 12.2. The fourth-order valence-corrected chi connectivity index (χ4v) is 2.21. The van der Waals surface area contributed by atoms with E-state index in [0.717, 1.165) is 15.8 Å². The summed E-state index contributed by atoms with van der Waals surface area (Å²) < 4.78 is 2.83. The Bertz CT molecular complexity index is 793. The van der Waals surface area contributed by atoms with Crippen molar-refractivity contribution < 1.29 is 5.11 Å². The highest BCUT2D eigenvalue weighted by atomic mass is 79.9. The van der Waals surface area contributed by atoms with Crippen LogP contribution in [0.4, 0.5) is 11.5 Å². The summed E-state index contributed by atoms with van der Waals surface area (Å²) in [6.45, 7) is 1.89. The molecule has 0 aliphatic carbocycles. The summed E-state index contributed by atoms with van der Waals surface area (Å²) in [6, 6.07) is 10.4. The molecule has 2 aromatic heterocycles. The molecule has 100 valence electrons. The Morgan fingerprint density at radius 3 is 2.60 bits per heavy atom. The molecule has 0 atom stereocenters. The van der Waals surface area contributed by atoms with E-state index in [1.807, 2.05) is 29.7 Å². The van der Waals surface area contributed by atoms with Crippen molar-refractivity contribution in [2.75, 3.05) is 0 Å². The van der Waals surface area contributed by atoms with Crippen molar-refractivity contribution in [2.24, 2.45) is 10.2 Å². The number of hydrogen-bond acceptors (Lipinski definition) is 4. The van der Waals surface area contributed by atoms with Gasteiger partial charge in [0.1, 0.15) is 11.4 Å². The third kappa shape index (κ3) is 2.42. The number of azo groups is 1. The number of phenolic OH excluding ortho intramolecular Hbond substituents is 1. The van der Waals surface area contributed by atoms with Gasteiger partial charge in [-0.1, -0.05) is 0 Å². The molecule has 0 aliphatic heterocycles. The Hall–Kier alpha value is -2.21. The highest BCUT2D eigenvalue weighted by Gasteiger charge is 2.08. The number of hydrogen-bond donors (Lipinski definition) is 1. The molecule has 0 saturated heterocycles. The molecule has 5 nitrogen and oxygen atoms in total. The number of aromatic nitrogens is 2. The van der Waals surface area contributed by atoms with E-state index in [1.54, 1.807) is 24.3 Å². The highest BCUT2D eigenvalue weighted by molar-refractivity contribution is 9.10.